The molecule has 0 fully saturated rings. The molecule has 2 N–H and O–H groups in total. The predicted molar refractivity (Wildman–Crippen MR) is 101 cm³/mol. The molecule has 0 aliphatic carbocycles. The van der Waals surface area contributed by atoms with Gasteiger partial charge in [0.25, 0.3) is 0 Å². The Morgan fingerprint density at radius 2 is 1.12 bits per heavy atom. The highest BCUT2D eigenvalue weighted by molar-refractivity contribution is 5.73. The largest absolute Gasteiger partial charge is 0.454 e. The van der Waals surface area contributed by atoms with Crippen LogP contribution in [0.2, 0.25) is 0 Å². The van der Waals surface area contributed by atoms with Crippen LogP contribution in [0.15, 0.2) is 79.6 Å². The van der Waals surface area contributed by atoms with Crippen molar-refractivity contribution in [2.24, 2.45) is 0 Å². The fraction of sp³-hybridized carbons (Fsp3) is 0.105. The third-order valence-corrected chi connectivity index (χ3v) is 2.70. The lowest BCUT2D eigenvalue weighted by Crippen LogP contribution is -1.99. The Balaban J connectivity index is 0.000000355. The van der Waals surface area contributed by atoms with Gasteiger partial charge in [-0.25, -0.2) is 4.79 Å². The van der Waals surface area contributed by atoms with Gasteiger partial charge in [0.1, 0.15) is 0 Å². The summed E-state index contributed by atoms with van der Waals surface area (Å²) < 4.78 is 10.2. The zero-order chi connectivity index (χ0) is 17.1. The minimum atomic E-state index is -0.152. The van der Waals surface area contributed by atoms with Gasteiger partial charge in [-0.2, -0.15) is 0 Å². The summed E-state index contributed by atoms with van der Waals surface area (Å²) >= 11 is 0. The van der Waals surface area contributed by atoms with Crippen LogP contribution in [0.5, 0.6) is 11.5 Å². The van der Waals surface area contributed by atoms with Crippen molar-refractivity contribution in [1.82, 2.24) is 9.97 Å². The number of hydrogen-bond donors (Lipinski definition) is 2. The zero-order valence-electron chi connectivity index (χ0n) is 12.9. The Morgan fingerprint density at radius 3 is 1.54 bits per heavy atom. The molecule has 0 spiro atoms. The lowest BCUT2D eigenvalue weighted by molar-refractivity contribution is 0.174. The van der Waals surface area contributed by atoms with Crippen LogP contribution >= 0.6 is 0 Å². The van der Waals surface area contributed by atoms with Crippen LogP contribution in [0.1, 0.15) is 7.43 Å². The summed E-state index contributed by atoms with van der Waals surface area (Å²) in [4.78, 5) is 16.0. The number of fused-ring (bicyclic) bond motifs is 2. The van der Waals surface area contributed by atoms with E-state index >= 15 is 0 Å². The molecule has 5 nitrogen and oxygen atoms in total. The molecule has 0 saturated heterocycles. The Kier molecular flexibility index (Phi) is 9.85. The first-order chi connectivity index (χ1) is 11.3. The molecule has 0 bridgehead atoms. The van der Waals surface area contributed by atoms with E-state index in [9.17, 15) is 4.79 Å². The van der Waals surface area contributed by atoms with Crippen molar-refractivity contribution in [2.45, 2.75) is 7.43 Å². The van der Waals surface area contributed by atoms with Gasteiger partial charge < -0.3 is 19.4 Å². The van der Waals surface area contributed by atoms with Crippen LogP contribution < -0.4 is 15.2 Å². The van der Waals surface area contributed by atoms with Gasteiger partial charge >= 0.3 is 5.69 Å². The molecule has 1 aliphatic rings. The van der Waals surface area contributed by atoms with E-state index in [2.05, 4.69) is 36.3 Å². The lowest BCUT2D eigenvalue weighted by atomic mass is 10.3. The van der Waals surface area contributed by atoms with Gasteiger partial charge in [0.2, 0.25) is 6.79 Å². The predicted octanol–water partition coefficient (Wildman–Crippen LogP) is 4.51. The Hall–Kier alpha value is -3.21. The molecule has 5 heteroatoms. The van der Waals surface area contributed by atoms with E-state index in [1.807, 2.05) is 48.5 Å². The molecule has 0 amide bonds. The van der Waals surface area contributed by atoms with Gasteiger partial charge in [0.05, 0.1) is 11.0 Å². The van der Waals surface area contributed by atoms with Crippen molar-refractivity contribution in [3.05, 3.63) is 85.3 Å². The van der Waals surface area contributed by atoms with E-state index in [1.165, 1.54) is 0 Å². The number of aromatic amines is 2. The number of rotatable bonds is 0. The highest BCUT2D eigenvalue weighted by Crippen LogP contribution is 2.30. The van der Waals surface area contributed by atoms with Crippen LogP contribution in [0.4, 0.5) is 0 Å². The van der Waals surface area contributed by atoms with Gasteiger partial charge in [-0.05, 0) is 24.3 Å². The monoisotopic (exact) mass is 328 g/mol. The normalized spacial score (nSPS) is 9.83. The first-order valence-corrected chi connectivity index (χ1v) is 6.84. The number of ether oxygens (including phenoxy) is 2. The molecule has 2 heterocycles. The molecule has 1 aliphatic heterocycles. The molecule has 2 aromatic carbocycles. The molecular weight excluding hydrogens is 304 g/mol. The van der Waals surface area contributed by atoms with Gasteiger partial charge in [-0.15, -0.1) is 26.3 Å². The van der Waals surface area contributed by atoms with Crippen LogP contribution in [-0.4, -0.2) is 16.8 Å². The number of benzene rings is 2. The maximum atomic E-state index is 10.7. The summed E-state index contributed by atoms with van der Waals surface area (Å²) in [6.07, 6.45) is 0. The quantitative estimate of drug-likeness (QED) is 0.597. The first kappa shape index (κ1) is 20.8. The second-order valence-corrected chi connectivity index (χ2v) is 3.98. The SMILES string of the molecule is C.C=C.C=C.O=c1[nH]c2ccccc2[nH]1.c1ccc2c(c1)OCO2. The smallest absolute Gasteiger partial charge is 0.323 e. The van der Waals surface area contributed by atoms with E-state index < -0.39 is 0 Å². The highest BCUT2D eigenvalue weighted by Gasteiger charge is 2.09. The van der Waals surface area contributed by atoms with Gasteiger partial charge in [0.15, 0.2) is 11.5 Å². The standard InChI is InChI=1S/C7H6N2O.C7H6O2.2C2H4.CH4/c10-7-8-5-3-1-2-4-6(5)9-7;1-2-4-7-6(3-1)8-5-9-7;2*1-2;/h1-4H,(H2,8,9,10);1-4H,5H2;2*1-2H2;1H4. The van der Waals surface area contributed by atoms with Crippen molar-refractivity contribution in [3.63, 3.8) is 0 Å². The highest BCUT2D eigenvalue weighted by atomic mass is 16.7. The number of aromatic nitrogens is 2. The Labute approximate surface area is 142 Å². The molecule has 128 valence electrons. The summed E-state index contributed by atoms with van der Waals surface area (Å²) in [7, 11) is 0. The van der Waals surface area contributed by atoms with E-state index in [4.69, 9.17) is 9.47 Å². The second kappa shape index (κ2) is 11.4. The summed E-state index contributed by atoms with van der Waals surface area (Å²) in [6, 6.07) is 15.1. The van der Waals surface area contributed by atoms with Crippen molar-refractivity contribution in [1.29, 1.82) is 0 Å². The molecule has 0 atom stereocenters. The molecule has 24 heavy (non-hydrogen) atoms. The second-order valence-electron chi connectivity index (χ2n) is 3.98. The summed E-state index contributed by atoms with van der Waals surface area (Å²) in [5, 5.41) is 0. The summed E-state index contributed by atoms with van der Waals surface area (Å²) in [6.45, 7) is 12.4. The molecular formula is C19H24N2O3. The zero-order valence-corrected chi connectivity index (χ0v) is 12.9. The van der Waals surface area contributed by atoms with Crippen LogP contribution in [0.25, 0.3) is 11.0 Å². The van der Waals surface area contributed by atoms with E-state index in [1.54, 1.807) is 0 Å². The number of hydrogen-bond acceptors (Lipinski definition) is 3. The van der Waals surface area contributed by atoms with Crippen molar-refractivity contribution in [2.75, 3.05) is 6.79 Å². The maximum absolute atomic E-state index is 10.7. The Morgan fingerprint density at radius 1 is 0.750 bits per heavy atom. The molecule has 1 aromatic heterocycles. The van der Waals surface area contributed by atoms with Crippen molar-refractivity contribution in [3.8, 4) is 11.5 Å². The molecule has 0 unspecified atom stereocenters. The fourth-order valence-corrected chi connectivity index (χ4v) is 1.82. The molecule has 3 aromatic rings. The third-order valence-electron chi connectivity index (χ3n) is 2.70. The number of nitrogens with one attached hydrogen (secondary N) is 2. The summed E-state index contributed by atoms with van der Waals surface area (Å²) in [5.74, 6) is 1.69. The van der Waals surface area contributed by atoms with E-state index in [-0.39, 0.29) is 13.1 Å². The molecule has 4 rings (SSSR count). The fourth-order valence-electron chi connectivity index (χ4n) is 1.82. The minimum absolute atomic E-state index is 0. The lowest BCUT2D eigenvalue weighted by Gasteiger charge is -1.89. The third kappa shape index (κ3) is 5.53. The van der Waals surface area contributed by atoms with Gasteiger partial charge in [-0.1, -0.05) is 31.7 Å². The average Bonchev–Trinajstić information content (AvgIpc) is 3.24. The van der Waals surface area contributed by atoms with Gasteiger partial charge in [-0.3, -0.25) is 0 Å². The summed E-state index contributed by atoms with van der Waals surface area (Å²) in [5.41, 5.74) is 1.56. The number of imidazole rings is 1. The van der Waals surface area contributed by atoms with Crippen LogP contribution in [0, 0.1) is 0 Å². The maximum Gasteiger partial charge on any atom is 0.323 e. The van der Waals surface area contributed by atoms with Gasteiger partial charge in [0, 0.05) is 0 Å². The van der Waals surface area contributed by atoms with Crippen molar-refractivity contribution >= 4 is 11.0 Å². The minimum Gasteiger partial charge on any atom is -0.454 e. The van der Waals surface area contributed by atoms with Crippen LogP contribution in [0.3, 0.4) is 0 Å². The van der Waals surface area contributed by atoms with E-state index in [0.29, 0.717) is 6.79 Å². The average molecular weight is 328 g/mol. The van der Waals surface area contributed by atoms with Crippen LogP contribution in [-0.2, 0) is 0 Å². The Bertz CT molecular complexity index is 716. The first-order valence-electron chi connectivity index (χ1n) is 6.84. The number of H-pyrrole nitrogens is 2. The van der Waals surface area contributed by atoms with E-state index in [0.717, 1.165) is 22.5 Å². The molecule has 0 radical (unpaired) electrons. The van der Waals surface area contributed by atoms with Crippen molar-refractivity contribution < 1.29 is 9.47 Å². The number of para-hydroxylation sites is 4. The topological polar surface area (TPSA) is 67.1 Å². The molecule has 0 saturated carbocycles.